The van der Waals surface area contributed by atoms with Gasteiger partial charge in [0.25, 0.3) is 0 Å². The van der Waals surface area contributed by atoms with Gasteiger partial charge in [-0.1, -0.05) is 12.1 Å². The van der Waals surface area contributed by atoms with Crippen LogP contribution in [0.3, 0.4) is 0 Å². The molecule has 6 heteroatoms. The van der Waals surface area contributed by atoms with Crippen molar-refractivity contribution in [1.82, 2.24) is 19.6 Å². The lowest BCUT2D eigenvalue weighted by atomic mass is 10.1. The summed E-state index contributed by atoms with van der Waals surface area (Å²) in [6.45, 7) is 8.10. The summed E-state index contributed by atoms with van der Waals surface area (Å²) in [6.07, 6.45) is 0. The van der Waals surface area contributed by atoms with Crippen molar-refractivity contribution in [1.29, 1.82) is 0 Å². The van der Waals surface area contributed by atoms with E-state index in [1.807, 2.05) is 13.8 Å². The number of halogens is 1. The van der Waals surface area contributed by atoms with Crippen molar-refractivity contribution < 1.29 is 9.18 Å². The van der Waals surface area contributed by atoms with Gasteiger partial charge in [0.15, 0.2) is 0 Å². The van der Waals surface area contributed by atoms with E-state index in [1.54, 1.807) is 24.1 Å². The number of aromatic nitrogens is 2. The first-order valence-corrected chi connectivity index (χ1v) is 8.61. The van der Waals surface area contributed by atoms with Crippen LogP contribution in [0, 0.1) is 19.7 Å². The molecule has 1 aromatic carbocycles. The summed E-state index contributed by atoms with van der Waals surface area (Å²) in [7, 11) is 1.80. The molecule has 25 heavy (non-hydrogen) atoms. The van der Waals surface area contributed by atoms with Crippen molar-refractivity contribution in [2.45, 2.75) is 32.9 Å². The summed E-state index contributed by atoms with van der Waals surface area (Å²) in [5.74, 6) is -0.190. The summed E-state index contributed by atoms with van der Waals surface area (Å²) in [4.78, 5) is 16.4. The van der Waals surface area contributed by atoms with Crippen LogP contribution in [-0.4, -0.2) is 52.2 Å². The minimum absolute atomic E-state index is 0.0728. The highest BCUT2D eigenvalue weighted by Gasteiger charge is 2.32. The van der Waals surface area contributed by atoms with Crippen molar-refractivity contribution in [3.8, 4) is 0 Å². The zero-order valence-electron chi connectivity index (χ0n) is 15.2. The lowest BCUT2D eigenvalue weighted by Gasteiger charge is -2.40. The molecule has 2 aromatic rings. The van der Waals surface area contributed by atoms with E-state index in [0.717, 1.165) is 30.0 Å². The molecule has 1 amide bonds. The number of likely N-dealkylation sites (N-methyl/N-ethyl adjacent to an activating group) is 1. The maximum absolute atomic E-state index is 13.0. The van der Waals surface area contributed by atoms with E-state index < -0.39 is 0 Å². The van der Waals surface area contributed by atoms with E-state index in [-0.39, 0.29) is 17.8 Å². The van der Waals surface area contributed by atoms with E-state index in [9.17, 15) is 9.18 Å². The topological polar surface area (TPSA) is 41.4 Å². The van der Waals surface area contributed by atoms with Crippen molar-refractivity contribution in [3.05, 3.63) is 53.1 Å². The number of carbonyl (C=O) groups is 1. The van der Waals surface area contributed by atoms with Crippen LogP contribution in [-0.2, 0) is 4.79 Å². The highest BCUT2D eigenvalue weighted by atomic mass is 19.1. The van der Waals surface area contributed by atoms with Crippen LogP contribution in [0.1, 0.15) is 36.0 Å². The van der Waals surface area contributed by atoms with Crippen LogP contribution in [0.4, 0.5) is 4.39 Å². The van der Waals surface area contributed by atoms with Gasteiger partial charge >= 0.3 is 0 Å². The highest BCUT2D eigenvalue weighted by molar-refractivity contribution is 5.78. The second-order valence-electron chi connectivity index (χ2n) is 6.95. The summed E-state index contributed by atoms with van der Waals surface area (Å²) < 4.78 is 15.1. The first kappa shape index (κ1) is 17.6. The monoisotopic (exact) mass is 344 g/mol. The number of aryl methyl sites for hydroxylation is 2. The lowest BCUT2D eigenvalue weighted by Crippen LogP contribution is -2.52. The minimum Gasteiger partial charge on any atom is -0.338 e. The molecule has 0 radical (unpaired) electrons. The summed E-state index contributed by atoms with van der Waals surface area (Å²) in [5, 5.41) is 4.52. The smallest absolute Gasteiger partial charge is 0.236 e. The van der Waals surface area contributed by atoms with Crippen molar-refractivity contribution >= 4 is 5.91 Å². The Balaban J connectivity index is 1.53. The molecule has 1 saturated heterocycles. The third-order valence-corrected chi connectivity index (χ3v) is 5.01. The molecule has 5 nitrogen and oxygen atoms in total. The maximum atomic E-state index is 13.0. The number of likely N-dealkylation sites (tertiary alicyclic amines) is 1. The normalized spacial score (nSPS) is 16.5. The summed E-state index contributed by atoms with van der Waals surface area (Å²) in [5.41, 5.74) is 3.12. The molecule has 0 aliphatic carbocycles. The summed E-state index contributed by atoms with van der Waals surface area (Å²) in [6, 6.07) is 8.66. The molecule has 134 valence electrons. The Morgan fingerprint density at radius 2 is 1.96 bits per heavy atom. The van der Waals surface area contributed by atoms with Crippen LogP contribution in [0.15, 0.2) is 30.3 Å². The first-order valence-electron chi connectivity index (χ1n) is 8.61. The van der Waals surface area contributed by atoms with Crippen LogP contribution < -0.4 is 0 Å². The van der Waals surface area contributed by atoms with Gasteiger partial charge in [0, 0.05) is 25.8 Å². The Morgan fingerprint density at radius 3 is 2.52 bits per heavy atom. The van der Waals surface area contributed by atoms with E-state index >= 15 is 0 Å². The van der Waals surface area contributed by atoms with E-state index in [4.69, 9.17) is 0 Å². The maximum Gasteiger partial charge on any atom is 0.236 e. The van der Waals surface area contributed by atoms with Gasteiger partial charge in [0.1, 0.15) is 5.82 Å². The second-order valence-corrected chi connectivity index (χ2v) is 6.95. The largest absolute Gasteiger partial charge is 0.338 e. The van der Waals surface area contributed by atoms with Gasteiger partial charge in [0.2, 0.25) is 5.91 Å². The molecule has 2 heterocycles. The molecule has 1 aromatic heterocycles. The predicted molar refractivity (Wildman–Crippen MR) is 94.8 cm³/mol. The quantitative estimate of drug-likeness (QED) is 0.837. The Bertz CT molecular complexity index is 749. The molecule has 1 aliphatic rings. The zero-order chi connectivity index (χ0) is 18.1. The van der Waals surface area contributed by atoms with Gasteiger partial charge in [0.05, 0.1) is 24.3 Å². The molecule has 0 unspecified atom stereocenters. The van der Waals surface area contributed by atoms with Gasteiger partial charge in [-0.3, -0.25) is 14.4 Å². The van der Waals surface area contributed by atoms with Crippen LogP contribution in [0.5, 0.6) is 0 Å². The third kappa shape index (κ3) is 3.74. The average molecular weight is 344 g/mol. The standard InChI is InChI=1S/C19H25FN4O/c1-13-9-14(2)24(21-13)18-10-23(11-18)12-19(25)22(4)15(3)16-5-7-17(20)8-6-16/h5-9,15,18H,10-12H2,1-4H3/t15-/m1/s1. The van der Waals surface area contributed by atoms with Gasteiger partial charge < -0.3 is 4.90 Å². The molecule has 1 atom stereocenters. The highest BCUT2D eigenvalue weighted by Crippen LogP contribution is 2.24. The van der Waals surface area contributed by atoms with Gasteiger partial charge in [-0.05, 0) is 44.5 Å². The Morgan fingerprint density at radius 1 is 1.32 bits per heavy atom. The summed E-state index contributed by atoms with van der Waals surface area (Å²) >= 11 is 0. The van der Waals surface area contributed by atoms with E-state index in [1.165, 1.54) is 12.1 Å². The van der Waals surface area contributed by atoms with Crippen LogP contribution >= 0.6 is 0 Å². The molecular formula is C19H25FN4O. The minimum atomic E-state index is -0.263. The van der Waals surface area contributed by atoms with Crippen LogP contribution in [0.2, 0.25) is 0 Å². The molecule has 1 aliphatic heterocycles. The van der Waals surface area contributed by atoms with Crippen molar-refractivity contribution in [3.63, 3.8) is 0 Å². The number of carbonyl (C=O) groups excluding carboxylic acids is 1. The Kier molecular flexibility index (Phi) is 4.90. The Hall–Kier alpha value is -2.21. The fourth-order valence-electron chi connectivity index (χ4n) is 3.33. The number of amides is 1. The lowest BCUT2D eigenvalue weighted by molar-refractivity contribution is -0.134. The Labute approximate surface area is 148 Å². The van der Waals surface area contributed by atoms with Gasteiger partial charge in [-0.15, -0.1) is 0 Å². The molecule has 1 fully saturated rings. The van der Waals surface area contributed by atoms with Gasteiger partial charge in [-0.2, -0.15) is 5.10 Å². The third-order valence-electron chi connectivity index (χ3n) is 5.01. The fourth-order valence-corrected chi connectivity index (χ4v) is 3.33. The second kappa shape index (κ2) is 6.96. The molecule has 0 bridgehead atoms. The predicted octanol–water partition coefficient (Wildman–Crippen LogP) is 2.72. The molecule has 0 spiro atoms. The zero-order valence-corrected chi connectivity index (χ0v) is 15.2. The number of nitrogens with zero attached hydrogens (tertiary/aromatic N) is 4. The average Bonchev–Trinajstić information content (AvgIpc) is 2.87. The SMILES string of the molecule is Cc1cc(C)n(C2CN(CC(=O)N(C)[C@H](C)c3ccc(F)cc3)C2)n1. The molecule has 0 saturated carbocycles. The van der Waals surface area contributed by atoms with Crippen molar-refractivity contribution in [2.75, 3.05) is 26.7 Å². The van der Waals surface area contributed by atoms with E-state index in [2.05, 4.69) is 27.7 Å². The molecular weight excluding hydrogens is 319 g/mol. The molecule has 3 rings (SSSR count). The number of hydrogen-bond donors (Lipinski definition) is 0. The van der Waals surface area contributed by atoms with Crippen LogP contribution in [0.25, 0.3) is 0 Å². The van der Waals surface area contributed by atoms with E-state index in [0.29, 0.717) is 12.6 Å². The van der Waals surface area contributed by atoms with Gasteiger partial charge in [-0.25, -0.2) is 4.39 Å². The number of rotatable bonds is 5. The molecule has 0 N–H and O–H groups in total. The number of benzene rings is 1. The first-order chi connectivity index (χ1) is 11.8. The van der Waals surface area contributed by atoms with Crippen molar-refractivity contribution in [2.24, 2.45) is 0 Å². The number of hydrogen-bond acceptors (Lipinski definition) is 3. The fraction of sp³-hybridized carbons (Fsp3) is 0.474.